The first-order valence-electron chi connectivity index (χ1n) is 7.07. The third-order valence-electron chi connectivity index (χ3n) is 2.80. The Morgan fingerprint density at radius 2 is 1.71 bits per heavy atom. The maximum Gasteiger partial charge on any atom is 0.305 e. The van der Waals surface area contributed by atoms with E-state index in [1.165, 1.54) is 38.5 Å². The molecule has 0 unspecified atom stereocenters. The second kappa shape index (κ2) is 13.3. The number of carbonyl (C=O) groups is 1. The van der Waals surface area contributed by atoms with Crippen LogP contribution in [0, 0.1) is 0 Å². The minimum atomic E-state index is -0.0576. The van der Waals surface area contributed by atoms with Crippen molar-refractivity contribution < 1.29 is 9.53 Å². The summed E-state index contributed by atoms with van der Waals surface area (Å²) >= 11 is 0. The van der Waals surface area contributed by atoms with Crippen molar-refractivity contribution in [3.63, 3.8) is 0 Å². The summed E-state index contributed by atoms with van der Waals surface area (Å²) in [7, 11) is 0. The summed E-state index contributed by atoms with van der Waals surface area (Å²) < 4.78 is 5.14. The fourth-order valence-electron chi connectivity index (χ4n) is 1.71. The maximum atomic E-state index is 11.2. The van der Waals surface area contributed by atoms with E-state index in [-0.39, 0.29) is 5.97 Å². The van der Waals surface area contributed by atoms with Gasteiger partial charge in [0.05, 0.1) is 6.61 Å². The van der Waals surface area contributed by atoms with Crippen molar-refractivity contribution >= 4 is 5.97 Å². The van der Waals surface area contributed by atoms with Gasteiger partial charge >= 0.3 is 5.97 Å². The number of hydrogen-bond acceptors (Lipinski definition) is 2. The Hall–Kier alpha value is -0.790. The molecule has 0 aliphatic heterocycles. The molecular weight excluding hydrogens is 212 g/mol. The van der Waals surface area contributed by atoms with E-state index in [2.05, 4.69) is 13.5 Å². The van der Waals surface area contributed by atoms with Crippen LogP contribution in [0.2, 0.25) is 0 Å². The normalized spacial score (nSPS) is 10.2. The zero-order valence-electron chi connectivity index (χ0n) is 11.4. The standard InChI is InChI=1S/C15H28O2/c1-3-5-7-8-9-10-12-14-17-15(16)13-11-6-4-2/h4H,2-3,5-14H2,1H3. The fraction of sp³-hybridized carbons (Fsp3) is 0.800. The molecule has 0 saturated carbocycles. The van der Waals surface area contributed by atoms with Crippen molar-refractivity contribution in [2.75, 3.05) is 6.61 Å². The van der Waals surface area contributed by atoms with Gasteiger partial charge in [-0.15, -0.1) is 6.58 Å². The SMILES string of the molecule is C=CCCCC(=O)OCCCCCCCCC. The van der Waals surface area contributed by atoms with Crippen LogP contribution in [0.1, 0.15) is 71.1 Å². The molecule has 0 rings (SSSR count). The zero-order chi connectivity index (χ0) is 12.8. The molecule has 100 valence electrons. The van der Waals surface area contributed by atoms with Crippen LogP contribution in [0.5, 0.6) is 0 Å². The van der Waals surface area contributed by atoms with Crippen LogP contribution < -0.4 is 0 Å². The van der Waals surface area contributed by atoms with Crippen molar-refractivity contribution in [3.05, 3.63) is 12.7 Å². The highest BCUT2D eigenvalue weighted by Crippen LogP contribution is 2.07. The summed E-state index contributed by atoms with van der Waals surface area (Å²) in [6.45, 7) is 6.45. The molecule has 0 N–H and O–H groups in total. The lowest BCUT2D eigenvalue weighted by Gasteiger charge is -2.04. The second-order valence-electron chi connectivity index (χ2n) is 4.52. The average molecular weight is 240 g/mol. The van der Waals surface area contributed by atoms with Gasteiger partial charge in [0.25, 0.3) is 0 Å². The van der Waals surface area contributed by atoms with E-state index >= 15 is 0 Å². The molecule has 0 fully saturated rings. The van der Waals surface area contributed by atoms with Gasteiger partial charge in [-0.25, -0.2) is 0 Å². The van der Waals surface area contributed by atoms with Gasteiger partial charge in [0, 0.05) is 6.42 Å². The number of carbonyl (C=O) groups excluding carboxylic acids is 1. The van der Waals surface area contributed by atoms with Gasteiger partial charge in [-0.1, -0.05) is 51.5 Å². The van der Waals surface area contributed by atoms with Gasteiger partial charge in [-0.2, -0.15) is 0 Å². The van der Waals surface area contributed by atoms with Gasteiger partial charge in [0.15, 0.2) is 0 Å². The Labute approximate surface area is 106 Å². The summed E-state index contributed by atoms with van der Waals surface area (Å²) in [6.07, 6.45) is 12.9. The monoisotopic (exact) mass is 240 g/mol. The summed E-state index contributed by atoms with van der Waals surface area (Å²) in [5.41, 5.74) is 0. The van der Waals surface area contributed by atoms with Gasteiger partial charge in [0.2, 0.25) is 0 Å². The zero-order valence-corrected chi connectivity index (χ0v) is 11.4. The lowest BCUT2D eigenvalue weighted by atomic mass is 10.1. The molecule has 0 aliphatic rings. The molecule has 0 aliphatic carbocycles. The lowest BCUT2D eigenvalue weighted by molar-refractivity contribution is -0.143. The van der Waals surface area contributed by atoms with Crippen LogP contribution in [0.15, 0.2) is 12.7 Å². The molecule has 0 spiro atoms. The molecular formula is C15H28O2. The summed E-state index contributed by atoms with van der Waals surface area (Å²) in [5, 5.41) is 0. The van der Waals surface area contributed by atoms with E-state index in [0.29, 0.717) is 13.0 Å². The molecule has 17 heavy (non-hydrogen) atoms. The van der Waals surface area contributed by atoms with E-state index in [0.717, 1.165) is 19.3 Å². The van der Waals surface area contributed by atoms with Crippen LogP contribution in [-0.4, -0.2) is 12.6 Å². The van der Waals surface area contributed by atoms with Crippen LogP contribution in [0.25, 0.3) is 0 Å². The number of rotatable bonds is 12. The predicted octanol–water partition coefficient (Wildman–Crippen LogP) is 4.64. The fourth-order valence-corrected chi connectivity index (χ4v) is 1.71. The van der Waals surface area contributed by atoms with Crippen molar-refractivity contribution in [1.82, 2.24) is 0 Å². The molecule has 2 nitrogen and oxygen atoms in total. The molecule has 0 aromatic heterocycles. The van der Waals surface area contributed by atoms with Crippen molar-refractivity contribution in [3.8, 4) is 0 Å². The minimum absolute atomic E-state index is 0.0576. The van der Waals surface area contributed by atoms with Crippen LogP contribution in [-0.2, 0) is 9.53 Å². The van der Waals surface area contributed by atoms with Crippen LogP contribution in [0.3, 0.4) is 0 Å². The second-order valence-corrected chi connectivity index (χ2v) is 4.52. The molecule has 0 radical (unpaired) electrons. The quantitative estimate of drug-likeness (QED) is 0.282. The number of allylic oxidation sites excluding steroid dienone is 1. The third-order valence-corrected chi connectivity index (χ3v) is 2.80. The van der Waals surface area contributed by atoms with E-state index in [4.69, 9.17) is 4.74 Å². The minimum Gasteiger partial charge on any atom is -0.466 e. The van der Waals surface area contributed by atoms with Crippen molar-refractivity contribution in [2.24, 2.45) is 0 Å². The van der Waals surface area contributed by atoms with Crippen molar-refractivity contribution in [2.45, 2.75) is 71.1 Å². The van der Waals surface area contributed by atoms with E-state index < -0.39 is 0 Å². The molecule has 0 aromatic carbocycles. The summed E-state index contributed by atoms with van der Waals surface area (Å²) in [6, 6.07) is 0. The first-order chi connectivity index (χ1) is 8.31. The topological polar surface area (TPSA) is 26.3 Å². The van der Waals surface area contributed by atoms with Gasteiger partial charge in [-0.3, -0.25) is 4.79 Å². The number of hydrogen-bond donors (Lipinski definition) is 0. The molecule has 0 saturated heterocycles. The van der Waals surface area contributed by atoms with Gasteiger partial charge in [-0.05, 0) is 19.3 Å². The summed E-state index contributed by atoms with van der Waals surface area (Å²) in [5.74, 6) is -0.0576. The first kappa shape index (κ1) is 16.2. The van der Waals surface area contributed by atoms with Crippen molar-refractivity contribution in [1.29, 1.82) is 0 Å². The highest BCUT2D eigenvalue weighted by molar-refractivity contribution is 5.69. The molecule has 0 aromatic rings. The molecule has 0 heterocycles. The number of unbranched alkanes of at least 4 members (excludes halogenated alkanes) is 7. The Bertz CT molecular complexity index is 187. The van der Waals surface area contributed by atoms with E-state index in [1.54, 1.807) is 0 Å². The highest BCUT2D eigenvalue weighted by atomic mass is 16.5. The highest BCUT2D eigenvalue weighted by Gasteiger charge is 2.00. The van der Waals surface area contributed by atoms with Crippen LogP contribution in [0.4, 0.5) is 0 Å². The Balaban J connectivity index is 3.11. The predicted molar refractivity (Wildman–Crippen MR) is 73.0 cm³/mol. The molecule has 0 bridgehead atoms. The Kier molecular flexibility index (Phi) is 12.7. The Morgan fingerprint density at radius 1 is 1.06 bits per heavy atom. The lowest BCUT2D eigenvalue weighted by Crippen LogP contribution is -2.05. The van der Waals surface area contributed by atoms with E-state index in [9.17, 15) is 4.79 Å². The first-order valence-corrected chi connectivity index (χ1v) is 7.07. The number of esters is 1. The molecule has 0 amide bonds. The summed E-state index contributed by atoms with van der Waals surface area (Å²) in [4.78, 5) is 11.2. The smallest absolute Gasteiger partial charge is 0.305 e. The van der Waals surface area contributed by atoms with Gasteiger partial charge in [0.1, 0.15) is 0 Å². The average Bonchev–Trinajstić information content (AvgIpc) is 2.33. The van der Waals surface area contributed by atoms with Gasteiger partial charge < -0.3 is 4.74 Å². The third kappa shape index (κ3) is 13.1. The Morgan fingerprint density at radius 3 is 2.35 bits per heavy atom. The molecule has 2 heteroatoms. The maximum absolute atomic E-state index is 11.2. The molecule has 0 atom stereocenters. The largest absolute Gasteiger partial charge is 0.466 e. The van der Waals surface area contributed by atoms with E-state index in [1.807, 2.05) is 6.08 Å². The van der Waals surface area contributed by atoms with Crippen LogP contribution >= 0.6 is 0 Å². The number of ether oxygens (including phenoxy) is 1.